The van der Waals surface area contributed by atoms with Crippen LogP contribution < -0.4 is 5.32 Å². The summed E-state index contributed by atoms with van der Waals surface area (Å²) in [5.74, 6) is 0. The molecule has 2 aromatic heterocycles. The molecular formula is C15H15ClN4. The van der Waals surface area contributed by atoms with Gasteiger partial charge in [0.1, 0.15) is 0 Å². The average Bonchev–Trinajstić information content (AvgIpc) is 2.76. The third kappa shape index (κ3) is 2.34. The number of halogens is 1. The first kappa shape index (κ1) is 12.9. The SMILES string of the molecule is Cc1c(CNc2ccnc3ccc(Cl)cc23)cnn1C. The van der Waals surface area contributed by atoms with Gasteiger partial charge in [-0.15, -0.1) is 0 Å². The summed E-state index contributed by atoms with van der Waals surface area (Å²) in [4.78, 5) is 4.34. The topological polar surface area (TPSA) is 42.7 Å². The molecule has 0 saturated heterocycles. The zero-order valence-corrected chi connectivity index (χ0v) is 12.1. The second kappa shape index (κ2) is 5.13. The third-order valence-corrected chi connectivity index (χ3v) is 3.74. The second-order valence-electron chi connectivity index (χ2n) is 4.75. The third-order valence-electron chi connectivity index (χ3n) is 3.51. The zero-order chi connectivity index (χ0) is 14.1. The van der Waals surface area contributed by atoms with Gasteiger partial charge in [0.15, 0.2) is 0 Å². The summed E-state index contributed by atoms with van der Waals surface area (Å²) < 4.78 is 1.87. The molecule has 0 amide bonds. The first-order valence-electron chi connectivity index (χ1n) is 6.41. The van der Waals surface area contributed by atoms with E-state index in [2.05, 4.69) is 22.3 Å². The van der Waals surface area contributed by atoms with Gasteiger partial charge in [-0.1, -0.05) is 11.6 Å². The molecule has 0 aliphatic rings. The van der Waals surface area contributed by atoms with Gasteiger partial charge >= 0.3 is 0 Å². The predicted octanol–water partition coefficient (Wildman–Crippen LogP) is 3.54. The lowest BCUT2D eigenvalue weighted by Gasteiger charge is -2.09. The number of rotatable bonds is 3. The van der Waals surface area contributed by atoms with Crippen LogP contribution in [0.5, 0.6) is 0 Å². The Morgan fingerprint density at radius 1 is 1.30 bits per heavy atom. The van der Waals surface area contributed by atoms with Gasteiger partial charge in [-0.2, -0.15) is 5.10 Å². The Morgan fingerprint density at radius 2 is 2.15 bits per heavy atom. The summed E-state index contributed by atoms with van der Waals surface area (Å²) in [6.45, 7) is 2.79. The van der Waals surface area contributed by atoms with Crippen molar-refractivity contribution < 1.29 is 0 Å². The first-order valence-corrected chi connectivity index (χ1v) is 6.78. The zero-order valence-electron chi connectivity index (χ0n) is 11.4. The highest BCUT2D eigenvalue weighted by molar-refractivity contribution is 6.31. The summed E-state index contributed by atoms with van der Waals surface area (Å²) in [7, 11) is 1.94. The summed E-state index contributed by atoms with van der Waals surface area (Å²) in [5, 5.41) is 9.42. The van der Waals surface area contributed by atoms with E-state index in [-0.39, 0.29) is 0 Å². The standard InChI is InChI=1S/C15H15ClN4/c1-10-11(9-19-20(10)2)8-18-15-5-6-17-14-4-3-12(16)7-13(14)15/h3-7,9H,8H2,1-2H3,(H,17,18). The van der Waals surface area contributed by atoms with Crippen LogP contribution in [0.2, 0.25) is 5.02 Å². The maximum Gasteiger partial charge on any atom is 0.0723 e. The van der Waals surface area contributed by atoms with Gasteiger partial charge < -0.3 is 5.32 Å². The van der Waals surface area contributed by atoms with Crippen molar-refractivity contribution in [2.24, 2.45) is 7.05 Å². The van der Waals surface area contributed by atoms with E-state index in [4.69, 9.17) is 11.6 Å². The average molecular weight is 287 g/mol. The molecule has 20 heavy (non-hydrogen) atoms. The Bertz CT molecular complexity index is 764. The molecule has 3 aromatic rings. The molecule has 102 valence electrons. The predicted molar refractivity (Wildman–Crippen MR) is 82.0 cm³/mol. The van der Waals surface area contributed by atoms with Crippen molar-refractivity contribution in [1.82, 2.24) is 14.8 Å². The van der Waals surface area contributed by atoms with Crippen molar-refractivity contribution in [3.8, 4) is 0 Å². The molecule has 0 atom stereocenters. The molecule has 0 spiro atoms. The van der Waals surface area contributed by atoms with E-state index in [1.165, 1.54) is 5.56 Å². The van der Waals surface area contributed by atoms with Crippen molar-refractivity contribution >= 4 is 28.2 Å². The molecule has 0 radical (unpaired) electrons. The van der Waals surface area contributed by atoms with Crippen LogP contribution in [0.4, 0.5) is 5.69 Å². The molecule has 0 unspecified atom stereocenters. The number of nitrogens with one attached hydrogen (secondary N) is 1. The lowest BCUT2D eigenvalue weighted by atomic mass is 10.2. The fourth-order valence-electron chi connectivity index (χ4n) is 2.18. The van der Waals surface area contributed by atoms with Crippen LogP contribution in [-0.4, -0.2) is 14.8 Å². The molecule has 1 N–H and O–H groups in total. The highest BCUT2D eigenvalue weighted by atomic mass is 35.5. The van der Waals surface area contributed by atoms with E-state index in [0.717, 1.165) is 28.8 Å². The molecule has 0 aliphatic heterocycles. The van der Waals surface area contributed by atoms with Crippen LogP contribution in [0.3, 0.4) is 0 Å². The maximum absolute atomic E-state index is 6.07. The smallest absolute Gasteiger partial charge is 0.0723 e. The van der Waals surface area contributed by atoms with E-state index >= 15 is 0 Å². The molecule has 1 aromatic carbocycles. The lowest BCUT2D eigenvalue weighted by Crippen LogP contribution is -2.02. The monoisotopic (exact) mass is 286 g/mol. The quantitative estimate of drug-likeness (QED) is 0.801. The van der Waals surface area contributed by atoms with E-state index in [0.29, 0.717) is 5.02 Å². The van der Waals surface area contributed by atoms with E-state index in [1.54, 1.807) is 6.20 Å². The van der Waals surface area contributed by atoms with Crippen LogP contribution in [0.15, 0.2) is 36.7 Å². The van der Waals surface area contributed by atoms with E-state index in [1.807, 2.05) is 42.2 Å². The number of aryl methyl sites for hydroxylation is 1. The van der Waals surface area contributed by atoms with Crippen molar-refractivity contribution in [2.45, 2.75) is 13.5 Å². The van der Waals surface area contributed by atoms with Crippen molar-refractivity contribution in [2.75, 3.05) is 5.32 Å². The van der Waals surface area contributed by atoms with Gasteiger partial charge in [-0.25, -0.2) is 0 Å². The fourth-order valence-corrected chi connectivity index (χ4v) is 2.35. The number of anilines is 1. The number of nitrogens with zero attached hydrogens (tertiary/aromatic N) is 3. The molecular weight excluding hydrogens is 272 g/mol. The van der Waals surface area contributed by atoms with Crippen LogP contribution in [0.25, 0.3) is 10.9 Å². The molecule has 0 bridgehead atoms. The van der Waals surface area contributed by atoms with Gasteiger partial charge in [0.05, 0.1) is 11.7 Å². The molecule has 4 nitrogen and oxygen atoms in total. The molecule has 0 fully saturated rings. The fraction of sp³-hybridized carbons (Fsp3) is 0.200. The number of fused-ring (bicyclic) bond motifs is 1. The second-order valence-corrected chi connectivity index (χ2v) is 5.19. The largest absolute Gasteiger partial charge is 0.380 e. The van der Waals surface area contributed by atoms with Crippen LogP contribution >= 0.6 is 11.6 Å². The van der Waals surface area contributed by atoms with Gasteiger partial charge in [0, 0.05) is 47.1 Å². The summed E-state index contributed by atoms with van der Waals surface area (Å²) in [6, 6.07) is 7.68. The number of benzene rings is 1. The van der Waals surface area contributed by atoms with Crippen LogP contribution in [0, 0.1) is 6.92 Å². The molecule has 5 heteroatoms. The van der Waals surface area contributed by atoms with Crippen LogP contribution in [0.1, 0.15) is 11.3 Å². The minimum absolute atomic E-state index is 0.714. The molecule has 2 heterocycles. The highest BCUT2D eigenvalue weighted by Gasteiger charge is 2.06. The van der Waals surface area contributed by atoms with Crippen molar-refractivity contribution in [3.63, 3.8) is 0 Å². The molecule has 3 rings (SSSR count). The first-order chi connectivity index (χ1) is 9.65. The lowest BCUT2D eigenvalue weighted by molar-refractivity contribution is 0.738. The maximum atomic E-state index is 6.07. The Balaban J connectivity index is 1.91. The van der Waals surface area contributed by atoms with E-state index < -0.39 is 0 Å². The minimum Gasteiger partial charge on any atom is -0.380 e. The summed E-state index contributed by atoms with van der Waals surface area (Å²) in [6.07, 6.45) is 3.69. The van der Waals surface area contributed by atoms with Gasteiger partial charge in [0.2, 0.25) is 0 Å². The number of hydrogen-bond acceptors (Lipinski definition) is 3. The van der Waals surface area contributed by atoms with Gasteiger partial charge in [-0.3, -0.25) is 9.67 Å². The Labute approximate surface area is 122 Å². The summed E-state index contributed by atoms with van der Waals surface area (Å²) in [5.41, 5.74) is 4.30. The normalized spacial score (nSPS) is 10.9. The van der Waals surface area contributed by atoms with Gasteiger partial charge in [-0.05, 0) is 31.2 Å². The Kier molecular flexibility index (Phi) is 3.32. The highest BCUT2D eigenvalue weighted by Crippen LogP contribution is 2.25. The van der Waals surface area contributed by atoms with E-state index in [9.17, 15) is 0 Å². The molecule has 0 saturated carbocycles. The van der Waals surface area contributed by atoms with Crippen LogP contribution in [-0.2, 0) is 13.6 Å². The summed E-state index contributed by atoms with van der Waals surface area (Å²) >= 11 is 6.07. The van der Waals surface area contributed by atoms with Gasteiger partial charge in [0.25, 0.3) is 0 Å². The number of pyridine rings is 1. The minimum atomic E-state index is 0.714. The number of hydrogen-bond donors (Lipinski definition) is 1. The Hall–Kier alpha value is -2.07. The molecule has 0 aliphatic carbocycles. The van der Waals surface area contributed by atoms with Crippen molar-refractivity contribution in [1.29, 1.82) is 0 Å². The Morgan fingerprint density at radius 3 is 2.90 bits per heavy atom. The number of aromatic nitrogens is 3. The van der Waals surface area contributed by atoms with Crippen molar-refractivity contribution in [3.05, 3.63) is 52.9 Å².